The third-order valence-electron chi connectivity index (χ3n) is 7.47. The molecule has 0 unspecified atom stereocenters. The first-order valence-corrected chi connectivity index (χ1v) is 14.7. The van der Waals surface area contributed by atoms with Gasteiger partial charge in [0.2, 0.25) is 5.91 Å². The molecule has 48 heavy (non-hydrogen) atoms. The lowest BCUT2D eigenvalue weighted by molar-refractivity contribution is -0.150. The van der Waals surface area contributed by atoms with Crippen LogP contribution in [0.15, 0.2) is 53.3 Å². The van der Waals surface area contributed by atoms with E-state index in [9.17, 15) is 28.8 Å². The molecule has 3 aromatic carbocycles. The number of halogens is 1. The van der Waals surface area contributed by atoms with Crippen molar-refractivity contribution < 1.29 is 42.6 Å². The number of benzene rings is 3. The van der Waals surface area contributed by atoms with Gasteiger partial charge in [-0.05, 0) is 60.0 Å². The first kappa shape index (κ1) is 35.0. The van der Waals surface area contributed by atoms with E-state index in [1.54, 1.807) is 13.0 Å². The minimum Gasteiger partial charge on any atom is -0.469 e. The fourth-order valence-corrected chi connectivity index (χ4v) is 4.97. The predicted molar refractivity (Wildman–Crippen MR) is 171 cm³/mol. The van der Waals surface area contributed by atoms with Crippen LogP contribution in [0, 0.1) is 12.7 Å². The Morgan fingerprint density at radius 2 is 1.62 bits per heavy atom. The van der Waals surface area contributed by atoms with Gasteiger partial charge in [-0.2, -0.15) is 0 Å². The lowest BCUT2D eigenvalue weighted by Crippen LogP contribution is -2.52. The van der Waals surface area contributed by atoms with Crippen molar-refractivity contribution in [3.8, 4) is 0 Å². The molecule has 4 N–H and O–H groups in total. The third kappa shape index (κ3) is 8.48. The number of aromatic amines is 1. The molecular weight excluding hydrogens is 629 g/mol. The van der Waals surface area contributed by atoms with Crippen LogP contribution in [-0.4, -0.2) is 73.1 Å². The highest BCUT2D eigenvalue weighted by molar-refractivity contribution is 6.06. The molecule has 0 fully saturated rings. The van der Waals surface area contributed by atoms with Gasteiger partial charge in [-0.25, -0.2) is 14.2 Å². The number of ether oxygens (including phenoxy) is 3. The average molecular weight is 664 g/mol. The minimum atomic E-state index is -1.45. The van der Waals surface area contributed by atoms with Gasteiger partial charge in [0.25, 0.3) is 11.5 Å². The maximum Gasteiger partial charge on any atom is 0.328 e. The number of hydrogen-bond donors (Lipinski definition) is 4. The molecule has 0 aliphatic carbocycles. The van der Waals surface area contributed by atoms with Crippen molar-refractivity contribution in [3.63, 3.8) is 0 Å². The zero-order chi connectivity index (χ0) is 35.0. The molecule has 0 aliphatic heterocycles. The summed E-state index contributed by atoms with van der Waals surface area (Å²) in [6.45, 7) is 1.97. The molecule has 0 spiro atoms. The largest absolute Gasteiger partial charge is 0.469 e. The molecule has 1 heterocycles. The van der Waals surface area contributed by atoms with Gasteiger partial charge in [0.15, 0.2) is 0 Å². The van der Waals surface area contributed by atoms with E-state index < -0.39 is 59.6 Å². The Labute approximate surface area is 273 Å². The number of methoxy groups -OCH3 is 3. The van der Waals surface area contributed by atoms with E-state index >= 15 is 4.39 Å². The summed E-state index contributed by atoms with van der Waals surface area (Å²) in [4.78, 5) is 81.7. The number of aryl methyl sites for hydroxylation is 1. The Morgan fingerprint density at radius 1 is 0.896 bits per heavy atom. The number of carbonyl (C=O) groups is 5. The minimum absolute atomic E-state index is 0.251. The molecule has 0 saturated carbocycles. The van der Waals surface area contributed by atoms with Gasteiger partial charge in [0.1, 0.15) is 23.7 Å². The summed E-state index contributed by atoms with van der Waals surface area (Å²) in [6.07, 6.45) is -1.12. The quantitative estimate of drug-likeness (QED) is 0.0932. The van der Waals surface area contributed by atoms with Gasteiger partial charge >= 0.3 is 17.9 Å². The molecule has 0 aliphatic rings. The van der Waals surface area contributed by atoms with Crippen molar-refractivity contribution >= 4 is 57.1 Å². The number of rotatable bonds is 13. The van der Waals surface area contributed by atoms with Crippen LogP contribution in [0.2, 0.25) is 0 Å². The number of amides is 2. The Morgan fingerprint density at radius 3 is 2.31 bits per heavy atom. The van der Waals surface area contributed by atoms with Crippen LogP contribution in [0.4, 0.5) is 10.1 Å². The lowest BCUT2D eigenvalue weighted by Gasteiger charge is -2.22. The highest BCUT2D eigenvalue weighted by Crippen LogP contribution is 2.24. The van der Waals surface area contributed by atoms with E-state index in [0.717, 1.165) is 38.3 Å². The van der Waals surface area contributed by atoms with Gasteiger partial charge in [0, 0.05) is 18.7 Å². The zero-order valence-corrected chi connectivity index (χ0v) is 26.6. The lowest BCUT2D eigenvalue weighted by atomic mass is 10.0. The van der Waals surface area contributed by atoms with Gasteiger partial charge < -0.3 is 35.1 Å². The van der Waals surface area contributed by atoms with E-state index in [1.165, 1.54) is 12.1 Å². The summed E-state index contributed by atoms with van der Waals surface area (Å²) in [5, 5.41) is 9.81. The molecule has 2 amide bonds. The van der Waals surface area contributed by atoms with Crippen molar-refractivity contribution in [2.75, 3.05) is 26.6 Å². The van der Waals surface area contributed by atoms with Crippen molar-refractivity contribution in [2.45, 2.75) is 44.8 Å². The standard InChI is InChI=1S/C33H34FN5O9/c1-17-36-24-10-7-19-6-5-18(13-22(19)29(24)32(44)37-17)16-35-20-8-9-21(23(34)14-20)30(42)38-25(11-12-27(40)46-2)31(43)39-26(33(45)48-4)15-28(41)47-3/h5-10,13-14,25-26,35H,11-12,15-16H2,1-4H3,(H,38,42)(H,39,43)(H,36,37,44)/t25-,26-/m0/s1. The molecular formula is C33H34FN5O9. The molecule has 0 saturated heterocycles. The number of hydrogen-bond acceptors (Lipinski definition) is 11. The summed E-state index contributed by atoms with van der Waals surface area (Å²) in [7, 11) is 3.30. The maximum atomic E-state index is 15.2. The monoisotopic (exact) mass is 663 g/mol. The van der Waals surface area contributed by atoms with E-state index in [-0.39, 0.29) is 24.9 Å². The van der Waals surface area contributed by atoms with Gasteiger partial charge in [-0.1, -0.05) is 18.2 Å². The molecule has 14 nitrogen and oxygen atoms in total. The number of carbonyl (C=O) groups excluding carboxylic acids is 5. The number of nitrogens with one attached hydrogen (secondary N) is 4. The molecule has 15 heteroatoms. The van der Waals surface area contributed by atoms with Gasteiger partial charge in [0.05, 0.1) is 44.2 Å². The summed E-state index contributed by atoms with van der Waals surface area (Å²) >= 11 is 0. The molecule has 4 rings (SSSR count). The first-order valence-electron chi connectivity index (χ1n) is 14.7. The van der Waals surface area contributed by atoms with Crippen molar-refractivity contribution in [1.29, 1.82) is 0 Å². The SMILES string of the molecule is COC(=O)CC[C@H](NC(=O)c1ccc(NCc2ccc3ccc4nc(C)[nH]c(=O)c4c3c2)cc1F)C(=O)N[C@@H](CC(=O)OC)C(=O)OC. The van der Waals surface area contributed by atoms with Crippen LogP contribution in [0.25, 0.3) is 21.7 Å². The number of esters is 3. The third-order valence-corrected chi connectivity index (χ3v) is 7.47. The van der Waals surface area contributed by atoms with Gasteiger partial charge in [-0.15, -0.1) is 0 Å². The zero-order valence-electron chi connectivity index (χ0n) is 26.6. The summed E-state index contributed by atoms with van der Waals surface area (Å²) in [5.74, 6) is -4.73. The molecule has 4 aromatic rings. The second kappa shape index (κ2) is 15.6. The molecule has 0 radical (unpaired) electrons. The summed E-state index contributed by atoms with van der Waals surface area (Å²) in [5.41, 5.74) is 1.07. The highest BCUT2D eigenvalue weighted by atomic mass is 19.1. The molecule has 252 valence electrons. The van der Waals surface area contributed by atoms with Crippen LogP contribution in [0.1, 0.15) is 41.0 Å². The maximum absolute atomic E-state index is 15.2. The Kier molecular flexibility index (Phi) is 11.4. The van der Waals surface area contributed by atoms with Crippen LogP contribution >= 0.6 is 0 Å². The van der Waals surface area contributed by atoms with E-state index in [2.05, 4.69) is 40.1 Å². The number of aromatic nitrogens is 2. The van der Waals surface area contributed by atoms with Crippen molar-refractivity contribution in [2.24, 2.45) is 0 Å². The topological polar surface area (TPSA) is 195 Å². The number of H-pyrrole nitrogens is 1. The van der Waals surface area contributed by atoms with Crippen molar-refractivity contribution in [1.82, 2.24) is 20.6 Å². The van der Waals surface area contributed by atoms with E-state index in [0.29, 0.717) is 27.8 Å². The molecule has 0 bridgehead atoms. The van der Waals surface area contributed by atoms with Crippen LogP contribution in [0.3, 0.4) is 0 Å². The number of anilines is 1. The van der Waals surface area contributed by atoms with Crippen LogP contribution in [-0.2, 0) is 39.9 Å². The fourth-order valence-electron chi connectivity index (χ4n) is 4.97. The Hall–Kier alpha value is -5.86. The Bertz CT molecular complexity index is 1940. The van der Waals surface area contributed by atoms with E-state index in [4.69, 9.17) is 0 Å². The summed E-state index contributed by atoms with van der Waals surface area (Å²) < 4.78 is 29.0. The van der Waals surface area contributed by atoms with Gasteiger partial charge in [-0.3, -0.25) is 24.0 Å². The second-order valence-electron chi connectivity index (χ2n) is 10.7. The number of nitrogens with zero attached hydrogens (tertiary/aromatic N) is 1. The fraction of sp³-hybridized carbons (Fsp3) is 0.303. The van der Waals surface area contributed by atoms with Crippen LogP contribution < -0.4 is 21.5 Å². The number of fused-ring (bicyclic) bond motifs is 3. The average Bonchev–Trinajstić information content (AvgIpc) is 3.07. The Balaban J connectivity index is 1.48. The molecule has 1 aromatic heterocycles. The normalized spacial score (nSPS) is 12.1. The van der Waals surface area contributed by atoms with E-state index in [1.807, 2.05) is 24.3 Å². The predicted octanol–water partition coefficient (Wildman–Crippen LogP) is 2.41. The first-order chi connectivity index (χ1) is 22.9. The molecule has 2 atom stereocenters. The second-order valence-corrected chi connectivity index (χ2v) is 10.7. The van der Waals surface area contributed by atoms with Crippen molar-refractivity contribution in [3.05, 3.63) is 81.7 Å². The summed E-state index contributed by atoms with van der Waals surface area (Å²) in [6, 6.07) is 10.2. The van der Waals surface area contributed by atoms with Crippen LogP contribution in [0.5, 0.6) is 0 Å². The highest BCUT2D eigenvalue weighted by Gasteiger charge is 2.30. The smallest absolute Gasteiger partial charge is 0.328 e.